The summed E-state index contributed by atoms with van der Waals surface area (Å²) in [6.45, 7) is 1.89. The summed E-state index contributed by atoms with van der Waals surface area (Å²) >= 11 is 1.42. The van der Waals surface area contributed by atoms with E-state index in [1.165, 1.54) is 35.6 Å². The Morgan fingerprint density at radius 3 is 2.80 bits per heavy atom. The van der Waals surface area contributed by atoms with Gasteiger partial charge in [-0.2, -0.15) is 5.10 Å². The van der Waals surface area contributed by atoms with Crippen molar-refractivity contribution in [1.82, 2.24) is 19.7 Å². The van der Waals surface area contributed by atoms with E-state index in [-0.39, 0.29) is 11.2 Å². The van der Waals surface area contributed by atoms with Gasteiger partial charge in [0.25, 0.3) is 0 Å². The third-order valence-corrected chi connectivity index (χ3v) is 6.47. The summed E-state index contributed by atoms with van der Waals surface area (Å²) < 4.78 is 1.79. The number of anilines is 1. The molecule has 1 aliphatic rings. The molecule has 0 saturated heterocycles. The van der Waals surface area contributed by atoms with Crippen molar-refractivity contribution in [3.63, 3.8) is 0 Å². The first-order valence-corrected chi connectivity index (χ1v) is 10.9. The van der Waals surface area contributed by atoms with Gasteiger partial charge in [-0.3, -0.25) is 4.79 Å². The molecule has 1 atom stereocenters. The molecule has 0 spiro atoms. The highest BCUT2D eigenvalue weighted by Crippen LogP contribution is 2.30. The fourth-order valence-corrected chi connectivity index (χ4v) is 4.67. The molecule has 0 aliphatic heterocycles. The minimum absolute atomic E-state index is 0.0415. The molecule has 150 valence electrons. The fraction of sp³-hybridized carbons (Fsp3) is 0.217. The summed E-state index contributed by atoms with van der Waals surface area (Å²) in [5.74, 6) is -0.0415. The van der Waals surface area contributed by atoms with Crippen LogP contribution in [0.4, 0.5) is 5.69 Å². The van der Waals surface area contributed by atoms with Gasteiger partial charge in [0.1, 0.15) is 11.4 Å². The van der Waals surface area contributed by atoms with Crippen molar-refractivity contribution in [3.8, 4) is 5.69 Å². The van der Waals surface area contributed by atoms with E-state index in [0.29, 0.717) is 0 Å². The largest absolute Gasteiger partial charge is 0.325 e. The van der Waals surface area contributed by atoms with Crippen LogP contribution < -0.4 is 5.32 Å². The van der Waals surface area contributed by atoms with Crippen molar-refractivity contribution in [2.45, 2.75) is 36.5 Å². The molecule has 0 saturated carbocycles. The van der Waals surface area contributed by atoms with E-state index >= 15 is 0 Å². The first-order chi connectivity index (χ1) is 14.7. The van der Waals surface area contributed by atoms with E-state index in [9.17, 15) is 4.79 Å². The first kappa shape index (κ1) is 18.8. The van der Waals surface area contributed by atoms with E-state index in [0.717, 1.165) is 40.3 Å². The van der Waals surface area contributed by atoms with Gasteiger partial charge in [0.15, 0.2) is 5.65 Å². The number of para-hydroxylation sites is 1. The van der Waals surface area contributed by atoms with E-state index < -0.39 is 0 Å². The molecule has 2 heterocycles. The molecule has 5 rings (SSSR count). The molecule has 30 heavy (non-hydrogen) atoms. The number of benzene rings is 2. The lowest BCUT2D eigenvalue weighted by Crippen LogP contribution is -2.22. The Bertz CT molecular complexity index is 1220. The number of carbonyl (C=O) groups excluding carboxylic acids is 1. The van der Waals surface area contributed by atoms with E-state index in [2.05, 4.69) is 32.5 Å². The second-order valence-corrected chi connectivity index (χ2v) is 8.72. The third kappa shape index (κ3) is 3.57. The summed E-state index contributed by atoms with van der Waals surface area (Å²) in [7, 11) is 0. The molecule has 7 heteroatoms. The summed E-state index contributed by atoms with van der Waals surface area (Å²) in [5.41, 5.74) is 5.26. The lowest BCUT2D eigenvalue weighted by molar-refractivity contribution is -0.115. The van der Waals surface area contributed by atoms with Crippen molar-refractivity contribution >= 4 is 34.4 Å². The van der Waals surface area contributed by atoms with Crippen LogP contribution in [0.25, 0.3) is 16.7 Å². The highest BCUT2D eigenvalue weighted by atomic mass is 32.2. The number of hydrogen-bond donors (Lipinski definition) is 1. The minimum Gasteiger partial charge on any atom is -0.325 e. The number of nitrogens with zero attached hydrogens (tertiary/aromatic N) is 4. The molecule has 0 radical (unpaired) electrons. The summed E-state index contributed by atoms with van der Waals surface area (Å²) in [6.07, 6.45) is 6.70. The molecule has 1 aliphatic carbocycles. The Labute approximate surface area is 178 Å². The summed E-state index contributed by atoms with van der Waals surface area (Å²) in [5, 5.41) is 8.80. The number of aromatic nitrogens is 4. The van der Waals surface area contributed by atoms with Crippen LogP contribution in [0.2, 0.25) is 0 Å². The zero-order chi connectivity index (χ0) is 20.5. The van der Waals surface area contributed by atoms with Gasteiger partial charge in [-0.1, -0.05) is 36.0 Å². The van der Waals surface area contributed by atoms with Crippen LogP contribution in [0, 0.1) is 0 Å². The fourth-order valence-electron chi connectivity index (χ4n) is 3.79. The predicted octanol–water partition coefficient (Wildman–Crippen LogP) is 4.42. The number of carbonyl (C=O) groups is 1. The Hall–Kier alpha value is -3.19. The van der Waals surface area contributed by atoms with Crippen molar-refractivity contribution in [2.24, 2.45) is 0 Å². The van der Waals surface area contributed by atoms with Gasteiger partial charge in [-0.05, 0) is 61.6 Å². The quantitative estimate of drug-likeness (QED) is 0.386. The van der Waals surface area contributed by atoms with Crippen molar-refractivity contribution in [1.29, 1.82) is 0 Å². The molecule has 2 aromatic heterocycles. The zero-order valence-corrected chi connectivity index (χ0v) is 17.4. The molecule has 0 unspecified atom stereocenters. The molecular weight excluding hydrogens is 394 g/mol. The van der Waals surface area contributed by atoms with Crippen molar-refractivity contribution in [3.05, 3.63) is 72.2 Å². The average Bonchev–Trinajstić information content (AvgIpc) is 3.41. The molecule has 1 amide bonds. The molecule has 0 bridgehead atoms. The number of fused-ring (bicyclic) bond motifs is 2. The molecular formula is C23H21N5OS. The van der Waals surface area contributed by atoms with E-state index in [1.807, 2.05) is 43.3 Å². The number of thioether (sulfide) groups is 1. The van der Waals surface area contributed by atoms with Crippen molar-refractivity contribution < 1.29 is 4.79 Å². The van der Waals surface area contributed by atoms with Gasteiger partial charge in [-0.25, -0.2) is 14.6 Å². The van der Waals surface area contributed by atoms with Gasteiger partial charge in [0.05, 0.1) is 22.5 Å². The maximum absolute atomic E-state index is 12.8. The second kappa shape index (κ2) is 7.91. The molecule has 4 aromatic rings. The summed E-state index contributed by atoms with van der Waals surface area (Å²) in [6, 6.07) is 16.1. The minimum atomic E-state index is -0.309. The van der Waals surface area contributed by atoms with Crippen LogP contribution in [0.15, 0.2) is 66.1 Å². The highest BCUT2D eigenvalue weighted by Gasteiger charge is 2.20. The predicted molar refractivity (Wildman–Crippen MR) is 119 cm³/mol. The molecule has 6 nitrogen and oxygen atoms in total. The number of amides is 1. The van der Waals surface area contributed by atoms with Gasteiger partial charge in [0, 0.05) is 5.69 Å². The zero-order valence-electron chi connectivity index (χ0n) is 16.6. The van der Waals surface area contributed by atoms with Crippen LogP contribution in [-0.2, 0) is 17.6 Å². The number of aryl methyl sites for hydroxylation is 2. The van der Waals surface area contributed by atoms with Gasteiger partial charge in [0.2, 0.25) is 5.91 Å². The maximum Gasteiger partial charge on any atom is 0.237 e. The lowest BCUT2D eigenvalue weighted by Gasteiger charge is -2.13. The van der Waals surface area contributed by atoms with E-state index in [1.54, 1.807) is 10.9 Å². The number of nitrogens with one attached hydrogen (secondary N) is 1. The monoisotopic (exact) mass is 415 g/mol. The van der Waals surface area contributed by atoms with Crippen LogP contribution in [0.1, 0.15) is 24.5 Å². The molecule has 1 N–H and O–H groups in total. The Morgan fingerprint density at radius 1 is 1.10 bits per heavy atom. The van der Waals surface area contributed by atoms with Gasteiger partial charge in [-0.15, -0.1) is 0 Å². The SMILES string of the molecule is C[C@H](Sc1ncnc2c1cnn2-c1ccccc1)C(=O)Nc1ccc2c(c1)CCC2. The number of rotatable bonds is 5. The second-order valence-electron chi connectivity index (χ2n) is 7.39. The lowest BCUT2D eigenvalue weighted by atomic mass is 10.1. The summed E-state index contributed by atoms with van der Waals surface area (Å²) in [4.78, 5) is 21.6. The third-order valence-electron chi connectivity index (χ3n) is 5.35. The normalized spacial score (nSPS) is 13.9. The topological polar surface area (TPSA) is 72.7 Å². The average molecular weight is 416 g/mol. The Morgan fingerprint density at radius 2 is 1.93 bits per heavy atom. The Kier molecular flexibility index (Phi) is 4.96. The number of hydrogen-bond acceptors (Lipinski definition) is 5. The smallest absolute Gasteiger partial charge is 0.237 e. The Balaban J connectivity index is 1.35. The van der Waals surface area contributed by atoms with Gasteiger partial charge >= 0.3 is 0 Å². The maximum atomic E-state index is 12.8. The first-order valence-electron chi connectivity index (χ1n) is 10.0. The highest BCUT2D eigenvalue weighted by molar-refractivity contribution is 8.00. The van der Waals surface area contributed by atoms with Crippen LogP contribution in [0.5, 0.6) is 0 Å². The van der Waals surface area contributed by atoms with Crippen LogP contribution >= 0.6 is 11.8 Å². The van der Waals surface area contributed by atoms with Gasteiger partial charge < -0.3 is 5.32 Å². The molecule has 0 fully saturated rings. The van der Waals surface area contributed by atoms with Crippen molar-refractivity contribution in [2.75, 3.05) is 5.32 Å². The van der Waals surface area contributed by atoms with Crippen LogP contribution in [0.3, 0.4) is 0 Å². The molecule has 2 aromatic carbocycles. The van der Waals surface area contributed by atoms with Crippen LogP contribution in [-0.4, -0.2) is 30.9 Å². The van der Waals surface area contributed by atoms with E-state index in [4.69, 9.17) is 0 Å². The standard InChI is InChI=1S/C23H21N5OS/c1-15(22(29)27-18-11-10-16-6-5-7-17(16)12-18)30-23-20-13-26-28(21(20)24-14-25-23)19-8-3-2-4-9-19/h2-4,8-15H,5-7H2,1H3,(H,27,29)/t15-/m0/s1.